The molecule has 0 aliphatic heterocycles. The molecule has 0 bridgehead atoms. The van der Waals surface area contributed by atoms with E-state index in [1.165, 1.54) is 13.3 Å². The lowest BCUT2D eigenvalue weighted by atomic mass is 10.2. The second-order valence-electron chi connectivity index (χ2n) is 9.18. The van der Waals surface area contributed by atoms with Crippen molar-refractivity contribution in [2.24, 2.45) is 5.10 Å². The smallest absolute Gasteiger partial charge is 0.271 e. The van der Waals surface area contributed by atoms with Gasteiger partial charge in [0.05, 0.1) is 19.9 Å². The maximum absolute atomic E-state index is 12.7. The molecule has 4 aromatic carbocycles. The monoisotopic (exact) mass is 567 g/mol. The van der Waals surface area contributed by atoms with Crippen molar-refractivity contribution in [3.05, 3.63) is 113 Å². The number of anilines is 1. The molecule has 0 saturated carbocycles. The van der Waals surface area contributed by atoms with Crippen LogP contribution in [0.5, 0.6) is 23.0 Å². The third-order valence-corrected chi connectivity index (χ3v) is 5.97. The second-order valence-corrected chi connectivity index (χ2v) is 9.18. The summed E-state index contributed by atoms with van der Waals surface area (Å²) in [6, 6.07) is 27.4. The van der Waals surface area contributed by atoms with Crippen LogP contribution in [0.4, 0.5) is 5.69 Å². The fourth-order valence-electron chi connectivity index (χ4n) is 3.95. The van der Waals surface area contributed by atoms with Crippen molar-refractivity contribution in [1.29, 1.82) is 0 Å². The molecule has 0 spiro atoms. The third-order valence-electron chi connectivity index (χ3n) is 5.97. The third kappa shape index (κ3) is 8.59. The number of hydrazone groups is 1. The molecule has 4 aromatic rings. The number of aryl methyl sites for hydroxylation is 1. The molecule has 216 valence electrons. The molecule has 0 heterocycles. The van der Waals surface area contributed by atoms with Crippen LogP contribution in [-0.4, -0.2) is 38.4 Å². The highest BCUT2D eigenvalue weighted by Gasteiger charge is 2.12. The predicted molar refractivity (Wildman–Crippen MR) is 162 cm³/mol. The number of rotatable bonds is 13. The summed E-state index contributed by atoms with van der Waals surface area (Å²) in [6.45, 7) is 4.39. The normalized spacial score (nSPS) is 10.6. The van der Waals surface area contributed by atoms with Crippen molar-refractivity contribution in [3.8, 4) is 23.0 Å². The number of hydrogen-bond acceptors (Lipinski definition) is 7. The number of benzene rings is 4. The topological polar surface area (TPSA) is 107 Å². The Balaban J connectivity index is 1.34. The van der Waals surface area contributed by atoms with Crippen molar-refractivity contribution in [3.63, 3.8) is 0 Å². The van der Waals surface area contributed by atoms with E-state index in [9.17, 15) is 9.59 Å². The molecule has 0 aromatic heterocycles. The lowest BCUT2D eigenvalue weighted by Crippen LogP contribution is -2.20. The standard InChI is InChI=1S/C33H33N3O6/c1-4-40-31-18-25(13-15-29(31)42-22-32(37)35-27-12-8-9-23(2)17-27)20-34-36-33(38)26-14-16-28(30(19-26)39-3)41-21-24-10-6-5-7-11-24/h5-20H,4,21-22H2,1-3H3,(H,35,37)(H,36,38)/b34-20+. The van der Waals surface area contributed by atoms with Gasteiger partial charge in [0.2, 0.25) is 0 Å². The largest absolute Gasteiger partial charge is 0.493 e. The average Bonchev–Trinajstić information content (AvgIpc) is 3.00. The van der Waals surface area contributed by atoms with Gasteiger partial charge in [0.15, 0.2) is 29.6 Å². The summed E-state index contributed by atoms with van der Waals surface area (Å²) in [5.74, 6) is 1.13. The van der Waals surface area contributed by atoms with Crippen LogP contribution in [-0.2, 0) is 11.4 Å². The zero-order valence-corrected chi connectivity index (χ0v) is 23.8. The van der Waals surface area contributed by atoms with E-state index in [0.29, 0.717) is 53.0 Å². The molecule has 0 aliphatic rings. The molecule has 0 fully saturated rings. The van der Waals surface area contributed by atoms with E-state index in [1.54, 1.807) is 36.4 Å². The Morgan fingerprint density at radius 2 is 1.60 bits per heavy atom. The molecule has 9 nitrogen and oxygen atoms in total. The highest BCUT2D eigenvalue weighted by molar-refractivity contribution is 5.95. The summed E-state index contributed by atoms with van der Waals surface area (Å²) in [6.07, 6.45) is 1.49. The number of nitrogens with one attached hydrogen (secondary N) is 2. The van der Waals surface area contributed by atoms with Gasteiger partial charge in [-0.25, -0.2) is 5.43 Å². The zero-order valence-electron chi connectivity index (χ0n) is 23.8. The van der Waals surface area contributed by atoms with Gasteiger partial charge in [0.25, 0.3) is 11.8 Å². The second kappa shape index (κ2) is 14.9. The van der Waals surface area contributed by atoms with Gasteiger partial charge in [-0.2, -0.15) is 5.10 Å². The summed E-state index contributed by atoms with van der Waals surface area (Å²) in [4.78, 5) is 25.1. The van der Waals surface area contributed by atoms with E-state index in [1.807, 2.05) is 68.4 Å². The molecular formula is C33H33N3O6. The van der Waals surface area contributed by atoms with E-state index >= 15 is 0 Å². The molecule has 2 N–H and O–H groups in total. The quantitative estimate of drug-likeness (QED) is 0.157. The Hall–Kier alpha value is -5.31. The minimum absolute atomic E-state index is 0.183. The first-order valence-corrected chi connectivity index (χ1v) is 13.4. The number of carbonyl (C=O) groups is 2. The fourth-order valence-corrected chi connectivity index (χ4v) is 3.95. The molecule has 0 unspecified atom stereocenters. The van der Waals surface area contributed by atoms with Gasteiger partial charge in [-0.05, 0) is 79.1 Å². The van der Waals surface area contributed by atoms with Gasteiger partial charge in [0, 0.05) is 11.3 Å². The number of methoxy groups -OCH3 is 1. The van der Waals surface area contributed by atoms with Crippen LogP contribution >= 0.6 is 0 Å². The van der Waals surface area contributed by atoms with Gasteiger partial charge in [-0.15, -0.1) is 0 Å². The van der Waals surface area contributed by atoms with Crippen LogP contribution in [0.15, 0.2) is 96.1 Å². The first-order chi connectivity index (χ1) is 20.4. The molecule has 42 heavy (non-hydrogen) atoms. The summed E-state index contributed by atoms with van der Waals surface area (Å²) < 4.78 is 22.7. The van der Waals surface area contributed by atoms with Crippen molar-refractivity contribution < 1.29 is 28.5 Å². The molecule has 0 atom stereocenters. The Bertz CT molecular complexity index is 1540. The van der Waals surface area contributed by atoms with Crippen LogP contribution in [0.3, 0.4) is 0 Å². The molecule has 0 aliphatic carbocycles. The van der Waals surface area contributed by atoms with Crippen LogP contribution in [0.25, 0.3) is 0 Å². The fraction of sp³-hybridized carbons (Fsp3) is 0.182. The molecule has 0 radical (unpaired) electrons. The Labute approximate surface area is 245 Å². The average molecular weight is 568 g/mol. The lowest BCUT2D eigenvalue weighted by molar-refractivity contribution is -0.118. The summed E-state index contributed by atoms with van der Waals surface area (Å²) >= 11 is 0. The zero-order chi connectivity index (χ0) is 29.7. The van der Waals surface area contributed by atoms with Crippen LogP contribution < -0.4 is 29.7 Å². The van der Waals surface area contributed by atoms with Crippen LogP contribution in [0, 0.1) is 6.92 Å². The van der Waals surface area contributed by atoms with Crippen LogP contribution in [0.1, 0.15) is 34.0 Å². The van der Waals surface area contributed by atoms with E-state index in [4.69, 9.17) is 18.9 Å². The number of amides is 2. The van der Waals surface area contributed by atoms with Crippen molar-refractivity contribution >= 4 is 23.7 Å². The summed E-state index contributed by atoms with van der Waals surface area (Å²) in [7, 11) is 1.52. The Morgan fingerprint density at radius 1 is 0.810 bits per heavy atom. The number of nitrogens with zero attached hydrogens (tertiary/aromatic N) is 1. The Kier molecular flexibility index (Phi) is 10.5. The molecule has 9 heteroatoms. The highest BCUT2D eigenvalue weighted by Crippen LogP contribution is 2.29. The minimum Gasteiger partial charge on any atom is -0.493 e. The number of hydrogen-bond donors (Lipinski definition) is 2. The van der Waals surface area contributed by atoms with Crippen molar-refractivity contribution in [1.82, 2.24) is 5.43 Å². The van der Waals surface area contributed by atoms with E-state index in [2.05, 4.69) is 15.8 Å². The van der Waals surface area contributed by atoms with Gasteiger partial charge in [-0.1, -0.05) is 42.5 Å². The summed E-state index contributed by atoms with van der Waals surface area (Å²) in [5, 5.41) is 6.88. The van der Waals surface area contributed by atoms with Crippen molar-refractivity contribution in [2.45, 2.75) is 20.5 Å². The first kappa shape index (κ1) is 29.7. The Morgan fingerprint density at radius 3 is 2.36 bits per heavy atom. The number of carbonyl (C=O) groups excluding carboxylic acids is 2. The SMILES string of the molecule is CCOc1cc(/C=N/NC(=O)c2ccc(OCc3ccccc3)c(OC)c2)ccc1OCC(=O)Nc1cccc(C)c1. The van der Waals surface area contributed by atoms with Crippen molar-refractivity contribution in [2.75, 3.05) is 25.6 Å². The van der Waals surface area contributed by atoms with E-state index in [0.717, 1.165) is 11.1 Å². The molecular weight excluding hydrogens is 534 g/mol. The van der Waals surface area contributed by atoms with Gasteiger partial charge < -0.3 is 24.3 Å². The molecule has 4 rings (SSSR count). The predicted octanol–water partition coefficient (Wildman–Crippen LogP) is 5.76. The molecule has 0 saturated heterocycles. The maximum Gasteiger partial charge on any atom is 0.271 e. The number of ether oxygens (including phenoxy) is 4. The van der Waals surface area contributed by atoms with Crippen LogP contribution in [0.2, 0.25) is 0 Å². The highest BCUT2D eigenvalue weighted by atomic mass is 16.5. The van der Waals surface area contributed by atoms with E-state index < -0.39 is 5.91 Å². The minimum atomic E-state index is -0.413. The maximum atomic E-state index is 12.7. The molecule has 2 amide bonds. The lowest BCUT2D eigenvalue weighted by Gasteiger charge is -2.13. The van der Waals surface area contributed by atoms with E-state index in [-0.39, 0.29) is 12.5 Å². The first-order valence-electron chi connectivity index (χ1n) is 13.4. The van der Waals surface area contributed by atoms with Gasteiger partial charge >= 0.3 is 0 Å². The summed E-state index contributed by atoms with van der Waals surface area (Å²) in [5.41, 5.74) is 6.31. The van der Waals surface area contributed by atoms with Gasteiger partial charge in [-0.3, -0.25) is 9.59 Å². The van der Waals surface area contributed by atoms with Gasteiger partial charge in [0.1, 0.15) is 6.61 Å².